The molecule has 2 aromatic rings. The summed E-state index contributed by atoms with van der Waals surface area (Å²) in [7, 11) is 0. The van der Waals surface area contributed by atoms with Crippen molar-refractivity contribution in [2.24, 2.45) is 5.10 Å². The van der Waals surface area contributed by atoms with Gasteiger partial charge in [0.05, 0.1) is 6.21 Å². The van der Waals surface area contributed by atoms with Crippen LogP contribution in [0.4, 0.5) is 0 Å². The molecule has 0 amide bonds. The molecule has 7 heteroatoms. The Balaban J connectivity index is 2.40. The molecule has 0 atom stereocenters. The number of aromatic amines is 2. The van der Waals surface area contributed by atoms with E-state index in [0.29, 0.717) is 9.54 Å². The van der Waals surface area contributed by atoms with Crippen molar-refractivity contribution in [1.29, 1.82) is 0 Å². The lowest BCUT2D eigenvalue weighted by atomic mass is 10.2. The zero-order valence-electron chi connectivity index (χ0n) is 7.98. The highest BCUT2D eigenvalue weighted by molar-refractivity contribution is 9.10. The standard InChI is InChI=1S/C9H7BrN4S2/c10-7-4-2-1-3-6(7)5-11-14-8(15)12-13-9(14)16/h1-5H,(H,12,15)(H,13,16)/b11-5-. The zero-order chi connectivity index (χ0) is 11.5. The first-order chi connectivity index (χ1) is 7.68. The summed E-state index contributed by atoms with van der Waals surface area (Å²) < 4.78 is 3.29. The molecule has 0 saturated carbocycles. The van der Waals surface area contributed by atoms with Crippen molar-refractivity contribution in [3.05, 3.63) is 43.8 Å². The largest absolute Gasteiger partial charge is 0.273 e. The number of aromatic nitrogens is 3. The molecule has 0 bridgehead atoms. The Hall–Kier alpha value is -1.05. The molecule has 4 nitrogen and oxygen atoms in total. The van der Waals surface area contributed by atoms with Crippen LogP contribution in [0.15, 0.2) is 33.8 Å². The molecule has 0 saturated heterocycles. The number of H-pyrrole nitrogens is 2. The van der Waals surface area contributed by atoms with Gasteiger partial charge in [-0.05, 0) is 30.5 Å². The number of nitrogens with zero attached hydrogens (tertiary/aromatic N) is 2. The van der Waals surface area contributed by atoms with E-state index in [9.17, 15) is 0 Å². The molecule has 0 fully saturated rings. The first-order valence-electron chi connectivity index (χ1n) is 4.37. The van der Waals surface area contributed by atoms with Crippen molar-refractivity contribution >= 4 is 46.6 Å². The lowest BCUT2D eigenvalue weighted by Gasteiger charge is -1.96. The molecule has 0 spiro atoms. The van der Waals surface area contributed by atoms with Crippen LogP contribution < -0.4 is 0 Å². The highest BCUT2D eigenvalue weighted by Gasteiger charge is 1.95. The van der Waals surface area contributed by atoms with Crippen LogP contribution in [0, 0.1) is 9.54 Å². The summed E-state index contributed by atoms with van der Waals surface area (Å²) in [4.78, 5) is 0. The third-order valence-corrected chi connectivity index (χ3v) is 3.15. The number of nitrogens with one attached hydrogen (secondary N) is 2. The van der Waals surface area contributed by atoms with Crippen LogP contribution in [0.5, 0.6) is 0 Å². The van der Waals surface area contributed by atoms with Crippen LogP contribution in [-0.2, 0) is 0 Å². The summed E-state index contributed by atoms with van der Waals surface area (Å²) in [5.74, 6) is 0. The number of halogens is 1. The smallest absolute Gasteiger partial charge is 0.215 e. The maximum atomic E-state index is 5.01. The van der Waals surface area contributed by atoms with Crippen molar-refractivity contribution in [2.75, 3.05) is 0 Å². The molecule has 0 aliphatic heterocycles. The first kappa shape index (κ1) is 11.4. The van der Waals surface area contributed by atoms with Gasteiger partial charge >= 0.3 is 0 Å². The molecule has 1 heterocycles. The van der Waals surface area contributed by atoms with Gasteiger partial charge in [-0.1, -0.05) is 34.1 Å². The fourth-order valence-electron chi connectivity index (χ4n) is 1.11. The summed E-state index contributed by atoms with van der Waals surface area (Å²) in [5.41, 5.74) is 0.958. The van der Waals surface area contributed by atoms with Gasteiger partial charge < -0.3 is 0 Å². The zero-order valence-corrected chi connectivity index (χ0v) is 11.2. The van der Waals surface area contributed by atoms with E-state index in [2.05, 4.69) is 31.2 Å². The van der Waals surface area contributed by atoms with E-state index in [4.69, 9.17) is 24.4 Å². The Morgan fingerprint density at radius 2 is 1.81 bits per heavy atom. The molecule has 2 rings (SSSR count). The van der Waals surface area contributed by atoms with Gasteiger partial charge in [-0.15, -0.1) is 0 Å². The Morgan fingerprint density at radius 1 is 1.19 bits per heavy atom. The van der Waals surface area contributed by atoms with Crippen molar-refractivity contribution in [3.63, 3.8) is 0 Å². The number of hydrogen-bond acceptors (Lipinski definition) is 3. The average Bonchev–Trinajstić information content (AvgIpc) is 2.58. The normalized spacial score (nSPS) is 11.1. The molecule has 2 N–H and O–H groups in total. The van der Waals surface area contributed by atoms with Crippen LogP contribution in [-0.4, -0.2) is 21.1 Å². The number of hydrogen-bond donors (Lipinski definition) is 2. The van der Waals surface area contributed by atoms with Gasteiger partial charge in [-0.2, -0.15) is 9.78 Å². The third-order valence-electron chi connectivity index (χ3n) is 1.88. The Kier molecular flexibility index (Phi) is 3.47. The quantitative estimate of drug-likeness (QED) is 0.660. The van der Waals surface area contributed by atoms with E-state index in [0.717, 1.165) is 10.0 Å². The third kappa shape index (κ3) is 2.37. The fraction of sp³-hybridized carbons (Fsp3) is 0. The van der Waals surface area contributed by atoms with Gasteiger partial charge in [0.15, 0.2) is 0 Å². The minimum absolute atomic E-state index is 0.438. The van der Waals surface area contributed by atoms with Gasteiger partial charge in [0.25, 0.3) is 0 Å². The summed E-state index contributed by atoms with van der Waals surface area (Å²) in [6.45, 7) is 0. The van der Waals surface area contributed by atoms with Gasteiger partial charge in [0.2, 0.25) is 9.54 Å². The molecule has 0 unspecified atom stereocenters. The maximum absolute atomic E-state index is 5.01. The minimum Gasteiger partial charge on any atom is -0.273 e. The Bertz CT molecular complexity index is 610. The summed E-state index contributed by atoms with van der Waals surface area (Å²) in [6, 6.07) is 7.76. The van der Waals surface area contributed by atoms with Crippen LogP contribution >= 0.6 is 40.4 Å². The monoisotopic (exact) mass is 314 g/mol. The number of rotatable bonds is 2. The second-order valence-electron chi connectivity index (χ2n) is 2.94. The topological polar surface area (TPSA) is 48.9 Å². The Labute approximate surface area is 110 Å². The molecular weight excluding hydrogens is 308 g/mol. The summed E-state index contributed by atoms with van der Waals surface area (Å²) >= 11 is 13.4. The highest BCUT2D eigenvalue weighted by atomic mass is 79.9. The maximum Gasteiger partial charge on any atom is 0.215 e. The van der Waals surface area contributed by atoms with E-state index >= 15 is 0 Å². The molecule has 1 aromatic heterocycles. The van der Waals surface area contributed by atoms with Gasteiger partial charge in [-0.3, -0.25) is 10.2 Å². The average molecular weight is 315 g/mol. The molecular formula is C9H7BrN4S2. The fourth-order valence-corrected chi connectivity index (χ4v) is 1.93. The van der Waals surface area contributed by atoms with Crippen LogP contribution in [0.2, 0.25) is 0 Å². The SMILES string of the molecule is S=c1[nH][nH]c(=S)n1/N=C\c1ccccc1Br. The van der Waals surface area contributed by atoms with E-state index in [1.165, 1.54) is 4.68 Å². The van der Waals surface area contributed by atoms with Crippen LogP contribution in [0.1, 0.15) is 5.56 Å². The molecule has 16 heavy (non-hydrogen) atoms. The lowest BCUT2D eigenvalue weighted by molar-refractivity contribution is 0.848. The van der Waals surface area contributed by atoms with Crippen molar-refractivity contribution in [2.45, 2.75) is 0 Å². The van der Waals surface area contributed by atoms with E-state index < -0.39 is 0 Å². The van der Waals surface area contributed by atoms with Crippen molar-refractivity contribution in [1.82, 2.24) is 14.9 Å². The molecule has 82 valence electrons. The van der Waals surface area contributed by atoms with Gasteiger partial charge in [0, 0.05) is 10.0 Å². The summed E-state index contributed by atoms with van der Waals surface area (Å²) in [5, 5.41) is 9.61. The van der Waals surface area contributed by atoms with Crippen LogP contribution in [0.25, 0.3) is 0 Å². The second-order valence-corrected chi connectivity index (χ2v) is 4.57. The number of benzene rings is 1. The predicted octanol–water partition coefficient (Wildman–Crippen LogP) is 3.25. The Morgan fingerprint density at radius 3 is 2.44 bits per heavy atom. The first-order valence-corrected chi connectivity index (χ1v) is 5.98. The lowest BCUT2D eigenvalue weighted by Crippen LogP contribution is -1.91. The predicted molar refractivity (Wildman–Crippen MR) is 71.9 cm³/mol. The second kappa shape index (κ2) is 4.86. The van der Waals surface area contributed by atoms with Gasteiger partial charge in [-0.25, -0.2) is 0 Å². The van der Waals surface area contributed by atoms with E-state index in [1.807, 2.05) is 24.3 Å². The molecule has 0 aliphatic carbocycles. The molecule has 1 aromatic carbocycles. The van der Waals surface area contributed by atoms with Gasteiger partial charge in [0.1, 0.15) is 0 Å². The van der Waals surface area contributed by atoms with E-state index in [1.54, 1.807) is 6.21 Å². The van der Waals surface area contributed by atoms with Crippen LogP contribution in [0.3, 0.4) is 0 Å². The summed E-state index contributed by atoms with van der Waals surface area (Å²) in [6.07, 6.45) is 1.69. The van der Waals surface area contributed by atoms with E-state index in [-0.39, 0.29) is 0 Å². The minimum atomic E-state index is 0.438. The highest BCUT2D eigenvalue weighted by Crippen LogP contribution is 2.13. The molecule has 0 radical (unpaired) electrons. The van der Waals surface area contributed by atoms with Crippen molar-refractivity contribution in [3.8, 4) is 0 Å². The molecule has 0 aliphatic rings. The van der Waals surface area contributed by atoms with Crippen molar-refractivity contribution < 1.29 is 0 Å².